The van der Waals surface area contributed by atoms with Crippen LogP contribution in [0.1, 0.15) is 18.4 Å². The normalized spacial score (nSPS) is 18.2. The van der Waals surface area contributed by atoms with Crippen LogP contribution in [0.15, 0.2) is 36.8 Å². The van der Waals surface area contributed by atoms with Gasteiger partial charge in [0.05, 0.1) is 25.1 Å². The third-order valence-electron chi connectivity index (χ3n) is 5.48. The summed E-state index contributed by atoms with van der Waals surface area (Å²) >= 11 is 0. The minimum atomic E-state index is 0.0354. The highest BCUT2D eigenvalue weighted by Crippen LogP contribution is 2.30. The molecule has 2 aliphatic heterocycles. The van der Waals surface area contributed by atoms with Crippen LogP contribution in [0.4, 0.5) is 17.2 Å². The number of carbonyl (C=O) groups is 1. The van der Waals surface area contributed by atoms with Gasteiger partial charge >= 0.3 is 0 Å². The van der Waals surface area contributed by atoms with Gasteiger partial charge in [-0.05, 0) is 37.5 Å². The van der Waals surface area contributed by atoms with Crippen LogP contribution in [0.2, 0.25) is 0 Å². The van der Waals surface area contributed by atoms with Gasteiger partial charge in [0.2, 0.25) is 5.91 Å². The topological polar surface area (TPSA) is 70.6 Å². The van der Waals surface area contributed by atoms with Crippen molar-refractivity contribution in [1.29, 1.82) is 0 Å². The molecule has 7 nitrogen and oxygen atoms in total. The minimum absolute atomic E-state index is 0.0354. The first-order valence-electron chi connectivity index (χ1n) is 9.96. The smallest absolute Gasteiger partial charge is 0.227 e. The Hall–Kier alpha value is -2.67. The number of hydrogen-bond donors (Lipinski definition) is 1. The molecule has 28 heavy (non-hydrogen) atoms. The molecule has 2 fully saturated rings. The lowest BCUT2D eigenvalue weighted by Gasteiger charge is -2.36. The molecule has 0 radical (unpaired) electrons. The predicted molar refractivity (Wildman–Crippen MR) is 110 cm³/mol. The molecule has 1 aromatic heterocycles. The Morgan fingerprint density at radius 2 is 1.93 bits per heavy atom. The predicted octanol–water partition coefficient (Wildman–Crippen LogP) is 2.48. The summed E-state index contributed by atoms with van der Waals surface area (Å²) in [5.74, 6) is 1.12. The number of hydrogen-bond acceptors (Lipinski definition) is 6. The van der Waals surface area contributed by atoms with Crippen molar-refractivity contribution in [2.24, 2.45) is 5.92 Å². The van der Waals surface area contributed by atoms with Crippen LogP contribution in [0.5, 0.6) is 0 Å². The van der Waals surface area contributed by atoms with Crippen molar-refractivity contribution in [3.8, 4) is 0 Å². The second kappa shape index (κ2) is 8.56. The zero-order valence-electron chi connectivity index (χ0n) is 16.3. The summed E-state index contributed by atoms with van der Waals surface area (Å²) < 4.78 is 5.46. The molecule has 3 heterocycles. The molecule has 0 unspecified atom stereocenters. The summed E-state index contributed by atoms with van der Waals surface area (Å²) in [6.07, 6.45) is 5.16. The molecule has 0 aliphatic carbocycles. The second-order valence-electron chi connectivity index (χ2n) is 7.45. The molecule has 0 atom stereocenters. The Morgan fingerprint density at radius 1 is 1.14 bits per heavy atom. The number of benzene rings is 1. The Kier molecular flexibility index (Phi) is 5.71. The van der Waals surface area contributed by atoms with Crippen LogP contribution in [-0.4, -0.2) is 55.3 Å². The van der Waals surface area contributed by atoms with E-state index in [0.717, 1.165) is 75.0 Å². The van der Waals surface area contributed by atoms with Crippen molar-refractivity contribution in [2.45, 2.75) is 19.8 Å². The number of amides is 1. The van der Waals surface area contributed by atoms with E-state index in [9.17, 15) is 4.79 Å². The maximum atomic E-state index is 12.7. The summed E-state index contributed by atoms with van der Waals surface area (Å²) in [4.78, 5) is 26.0. The molecule has 7 heteroatoms. The zero-order chi connectivity index (χ0) is 19.3. The number of ether oxygens (including phenoxy) is 1. The first-order valence-corrected chi connectivity index (χ1v) is 9.96. The average Bonchev–Trinajstić information content (AvgIpc) is 2.74. The van der Waals surface area contributed by atoms with Crippen molar-refractivity contribution < 1.29 is 9.53 Å². The number of nitrogens with zero attached hydrogens (tertiary/aromatic N) is 4. The van der Waals surface area contributed by atoms with Gasteiger partial charge in [-0.15, -0.1) is 0 Å². The molecule has 4 rings (SSSR count). The highest BCUT2D eigenvalue weighted by atomic mass is 16.5. The van der Waals surface area contributed by atoms with Crippen molar-refractivity contribution in [2.75, 3.05) is 54.5 Å². The Bertz CT molecular complexity index is 814. The molecule has 0 saturated carbocycles. The van der Waals surface area contributed by atoms with Crippen molar-refractivity contribution in [3.05, 3.63) is 42.4 Å². The second-order valence-corrected chi connectivity index (χ2v) is 7.45. The highest BCUT2D eigenvalue weighted by molar-refractivity contribution is 5.92. The van der Waals surface area contributed by atoms with Crippen molar-refractivity contribution in [1.82, 2.24) is 9.97 Å². The minimum Gasteiger partial charge on any atom is -0.378 e. The van der Waals surface area contributed by atoms with Crippen molar-refractivity contribution in [3.63, 3.8) is 0 Å². The van der Waals surface area contributed by atoms with Gasteiger partial charge in [0.25, 0.3) is 0 Å². The van der Waals surface area contributed by atoms with Gasteiger partial charge in [0, 0.05) is 37.8 Å². The Morgan fingerprint density at radius 3 is 2.68 bits per heavy atom. The SMILES string of the molecule is Cc1cccc(NC(=O)C2CCN(c3cncnc3N3CCOCC3)CC2)c1. The molecular weight excluding hydrogens is 354 g/mol. The lowest BCUT2D eigenvalue weighted by Crippen LogP contribution is -2.41. The first kappa shape index (κ1) is 18.7. The lowest BCUT2D eigenvalue weighted by atomic mass is 9.95. The van der Waals surface area contributed by atoms with Crippen LogP contribution in [0.3, 0.4) is 0 Å². The molecule has 2 saturated heterocycles. The van der Waals surface area contributed by atoms with Crippen LogP contribution in [-0.2, 0) is 9.53 Å². The highest BCUT2D eigenvalue weighted by Gasteiger charge is 2.28. The number of rotatable bonds is 4. The van der Waals surface area contributed by atoms with Crippen LogP contribution in [0.25, 0.3) is 0 Å². The number of aromatic nitrogens is 2. The van der Waals surface area contributed by atoms with Crippen LogP contribution < -0.4 is 15.1 Å². The monoisotopic (exact) mass is 381 g/mol. The van der Waals surface area contributed by atoms with E-state index < -0.39 is 0 Å². The van der Waals surface area contributed by atoms with Gasteiger partial charge in [-0.2, -0.15) is 0 Å². The summed E-state index contributed by atoms with van der Waals surface area (Å²) in [6.45, 7) is 6.84. The Balaban J connectivity index is 1.38. The number of nitrogens with one attached hydrogen (secondary N) is 1. The molecule has 1 amide bonds. The van der Waals surface area contributed by atoms with E-state index in [1.54, 1.807) is 6.33 Å². The van der Waals surface area contributed by atoms with E-state index in [0.29, 0.717) is 0 Å². The average molecular weight is 381 g/mol. The van der Waals surface area contributed by atoms with E-state index in [2.05, 4.69) is 25.1 Å². The fraction of sp³-hybridized carbons (Fsp3) is 0.476. The molecule has 1 aromatic carbocycles. The third-order valence-corrected chi connectivity index (χ3v) is 5.48. The fourth-order valence-electron chi connectivity index (χ4n) is 3.91. The number of anilines is 3. The largest absolute Gasteiger partial charge is 0.378 e. The fourth-order valence-corrected chi connectivity index (χ4v) is 3.91. The van der Waals surface area contributed by atoms with Crippen LogP contribution >= 0.6 is 0 Å². The van der Waals surface area contributed by atoms with Crippen LogP contribution in [0, 0.1) is 12.8 Å². The standard InChI is InChI=1S/C21H27N5O2/c1-16-3-2-4-18(13-16)24-21(27)17-5-7-25(8-6-17)19-14-22-15-23-20(19)26-9-11-28-12-10-26/h2-4,13-15,17H,5-12H2,1H3,(H,24,27). The van der Waals surface area contributed by atoms with E-state index in [4.69, 9.17) is 4.74 Å². The number of piperidine rings is 1. The molecule has 0 bridgehead atoms. The van der Waals surface area contributed by atoms with Gasteiger partial charge in [-0.1, -0.05) is 12.1 Å². The molecule has 0 spiro atoms. The number of morpholine rings is 1. The van der Waals surface area contributed by atoms with E-state index in [1.807, 2.05) is 37.4 Å². The van der Waals surface area contributed by atoms with Gasteiger partial charge in [-0.25, -0.2) is 9.97 Å². The summed E-state index contributed by atoms with van der Waals surface area (Å²) in [5.41, 5.74) is 3.08. The maximum absolute atomic E-state index is 12.7. The summed E-state index contributed by atoms with van der Waals surface area (Å²) in [5, 5.41) is 3.07. The molecule has 1 N–H and O–H groups in total. The lowest BCUT2D eigenvalue weighted by molar-refractivity contribution is -0.120. The van der Waals surface area contributed by atoms with Gasteiger partial charge in [0.1, 0.15) is 6.33 Å². The zero-order valence-corrected chi connectivity index (χ0v) is 16.3. The Labute approximate surface area is 165 Å². The van der Waals surface area contributed by atoms with Gasteiger partial charge in [-0.3, -0.25) is 4.79 Å². The van der Waals surface area contributed by atoms with E-state index in [-0.39, 0.29) is 11.8 Å². The first-order chi connectivity index (χ1) is 13.7. The summed E-state index contributed by atoms with van der Waals surface area (Å²) in [7, 11) is 0. The van der Waals surface area contributed by atoms with Gasteiger partial charge < -0.3 is 19.9 Å². The molecule has 148 valence electrons. The molecule has 2 aliphatic rings. The van der Waals surface area contributed by atoms with E-state index in [1.165, 1.54) is 0 Å². The quantitative estimate of drug-likeness (QED) is 0.877. The summed E-state index contributed by atoms with van der Waals surface area (Å²) in [6, 6.07) is 7.94. The molecule has 2 aromatic rings. The van der Waals surface area contributed by atoms with Crippen molar-refractivity contribution >= 4 is 23.1 Å². The number of carbonyl (C=O) groups excluding carboxylic acids is 1. The van der Waals surface area contributed by atoms with E-state index >= 15 is 0 Å². The number of aryl methyl sites for hydroxylation is 1. The van der Waals surface area contributed by atoms with Gasteiger partial charge in [0.15, 0.2) is 5.82 Å². The molecular formula is C21H27N5O2. The third kappa shape index (κ3) is 4.25. The maximum Gasteiger partial charge on any atom is 0.227 e.